The molecule has 96 valence electrons. The number of nitrogen functional groups attached to an aromatic ring is 1. The van der Waals surface area contributed by atoms with Crippen molar-refractivity contribution in [3.05, 3.63) is 36.3 Å². The van der Waals surface area contributed by atoms with Gasteiger partial charge in [-0.05, 0) is 6.92 Å². The summed E-state index contributed by atoms with van der Waals surface area (Å²) in [6, 6.07) is -0.605. The van der Waals surface area contributed by atoms with Gasteiger partial charge in [0.1, 0.15) is 0 Å². The highest BCUT2D eigenvalue weighted by Gasteiger charge is 2.26. The van der Waals surface area contributed by atoms with Gasteiger partial charge in [-0.2, -0.15) is 5.10 Å². The van der Waals surface area contributed by atoms with Gasteiger partial charge in [0.25, 0.3) is 0 Å². The van der Waals surface area contributed by atoms with Gasteiger partial charge in [-0.25, -0.2) is 4.79 Å². The maximum absolute atomic E-state index is 12.0. The summed E-state index contributed by atoms with van der Waals surface area (Å²) < 4.78 is 6.59. The van der Waals surface area contributed by atoms with Gasteiger partial charge in [0, 0.05) is 24.5 Å². The number of ether oxygens (including phenoxy) is 1. The summed E-state index contributed by atoms with van der Waals surface area (Å²) >= 11 is 0. The van der Waals surface area contributed by atoms with Crippen molar-refractivity contribution in [2.75, 3.05) is 18.9 Å². The number of nitrogens with one attached hydrogen (secondary N) is 1. The normalized spacial score (nSPS) is 15.7. The molecule has 2 heterocycles. The van der Waals surface area contributed by atoms with Crippen molar-refractivity contribution < 1.29 is 9.53 Å². The van der Waals surface area contributed by atoms with Crippen molar-refractivity contribution in [3.8, 4) is 0 Å². The van der Waals surface area contributed by atoms with Crippen LogP contribution >= 0.6 is 0 Å². The first-order chi connectivity index (χ1) is 8.72. The van der Waals surface area contributed by atoms with Crippen molar-refractivity contribution in [3.63, 3.8) is 0 Å². The summed E-state index contributed by atoms with van der Waals surface area (Å²) in [6.07, 6.45) is 8.74. The molecule has 6 nitrogen and oxygen atoms in total. The molecule has 2 rings (SSSR count). The fraction of sp³-hybridized carbons (Fsp3) is 0.333. The van der Waals surface area contributed by atoms with Gasteiger partial charge in [-0.15, -0.1) is 0 Å². The zero-order valence-electron chi connectivity index (χ0n) is 10.2. The summed E-state index contributed by atoms with van der Waals surface area (Å²) in [5, 5.41) is 7.14. The number of carbonyl (C=O) groups excluding carboxylic acids is 1. The summed E-state index contributed by atoms with van der Waals surface area (Å²) in [4.78, 5) is 12.0. The summed E-state index contributed by atoms with van der Waals surface area (Å²) in [5.74, 6) is -0.347. The molecule has 0 aromatic carbocycles. The fourth-order valence-electron chi connectivity index (χ4n) is 1.77. The minimum Gasteiger partial charge on any atom is -0.464 e. The molecule has 6 heteroatoms. The van der Waals surface area contributed by atoms with Crippen LogP contribution in [0.4, 0.5) is 5.69 Å². The first kappa shape index (κ1) is 12.2. The summed E-state index contributed by atoms with van der Waals surface area (Å²) in [5.41, 5.74) is 6.94. The number of nitrogens with two attached hydrogens (primary N) is 1. The van der Waals surface area contributed by atoms with Crippen molar-refractivity contribution in [1.29, 1.82) is 0 Å². The molecule has 0 amide bonds. The Labute approximate surface area is 105 Å². The molecule has 1 unspecified atom stereocenters. The van der Waals surface area contributed by atoms with E-state index in [1.54, 1.807) is 19.3 Å². The quantitative estimate of drug-likeness (QED) is 0.763. The first-order valence-electron chi connectivity index (χ1n) is 5.78. The number of nitrogens with zero attached hydrogens (tertiary/aromatic N) is 2. The lowest BCUT2D eigenvalue weighted by molar-refractivity contribution is -0.146. The third kappa shape index (κ3) is 2.53. The van der Waals surface area contributed by atoms with Gasteiger partial charge in [0.15, 0.2) is 6.04 Å². The second-order valence-corrected chi connectivity index (χ2v) is 3.86. The average Bonchev–Trinajstić information content (AvgIpc) is 2.78. The topological polar surface area (TPSA) is 82.2 Å². The van der Waals surface area contributed by atoms with Crippen LogP contribution in [-0.4, -0.2) is 28.9 Å². The van der Waals surface area contributed by atoms with E-state index in [0.717, 1.165) is 12.1 Å². The number of hydrogen-bond donors (Lipinski definition) is 2. The molecule has 1 aliphatic heterocycles. The number of carbonyl (C=O) groups is 1. The van der Waals surface area contributed by atoms with Crippen LogP contribution in [0.15, 0.2) is 36.3 Å². The molecule has 1 aromatic rings. The van der Waals surface area contributed by atoms with Gasteiger partial charge in [0.2, 0.25) is 0 Å². The standard InChI is InChI=1S/C12H16N4O2/c1-2-18-12(17)11(9-4-3-5-14-6-9)16-8-10(13)7-15-16/h3-4,6-8,11,14H,2,5,13H2,1H3. The van der Waals surface area contributed by atoms with E-state index in [0.29, 0.717) is 12.3 Å². The molecule has 0 radical (unpaired) electrons. The van der Waals surface area contributed by atoms with Crippen LogP contribution in [0.25, 0.3) is 0 Å². The SMILES string of the molecule is CCOC(=O)C(C1=CNCC=C1)n1cc(N)cn1. The average molecular weight is 248 g/mol. The zero-order chi connectivity index (χ0) is 13.0. The Hall–Kier alpha value is -2.24. The molecule has 0 spiro atoms. The lowest BCUT2D eigenvalue weighted by Crippen LogP contribution is -2.26. The molecule has 0 saturated heterocycles. The smallest absolute Gasteiger partial charge is 0.335 e. The van der Waals surface area contributed by atoms with Crippen molar-refractivity contribution in [1.82, 2.24) is 15.1 Å². The monoisotopic (exact) mass is 248 g/mol. The predicted octanol–water partition coefficient (Wildman–Crippen LogP) is 0.613. The first-order valence-corrected chi connectivity index (χ1v) is 5.78. The van der Waals surface area contributed by atoms with Gasteiger partial charge in [0.05, 0.1) is 18.5 Å². The van der Waals surface area contributed by atoms with Crippen LogP contribution in [0.3, 0.4) is 0 Å². The maximum Gasteiger partial charge on any atom is 0.335 e. The molecule has 0 saturated carbocycles. The number of allylic oxidation sites excluding steroid dienone is 1. The van der Waals surface area contributed by atoms with Gasteiger partial charge < -0.3 is 15.8 Å². The molecule has 0 aliphatic carbocycles. The van der Waals surface area contributed by atoms with Gasteiger partial charge in [-0.3, -0.25) is 4.68 Å². The van der Waals surface area contributed by atoms with Crippen LogP contribution in [0.2, 0.25) is 0 Å². The largest absolute Gasteiger partial charge is 0.464 e. The fourth-order valence-corrected chi connectivity index (χ4v) is 1.77. The number of esters is 1. The molecule has 1 aromatic heterocycles. The molecule has 1 atom stereocenters. The van der Waals surface area contributed by atoms with Crippen molar-refractivity contribution >= 4 is 11.7 Å². The second-order valence-electron chi connectivity index (χ2n) is 3.86. The highest BCUT2D eigenvalue weighted by molar-refractivity contribution is 5.78. The number of hydrogen-bond acceptors (Lipinski definition) is 5. The highest BCUT2D eigenvalue weighted by Crippen LogP contribution is 2.22. The molecule has 0 fully saturated rings. The van der Waals surface area contributed by atoms with E-state index in [9.17, 15) is 4.79 Å². The molecule has 0 bridgehead atoms. The lowest BCUT2D eigenvalue weighted by atomic mass is 10.1. The molecule has 1 aliphatic rings. The van der Waals surface area contributed by atoms with E-state index in [-0.39, 0.29) is 5.97 Å². The Bertz CT molecular complexity index is 490. The molecule has 18 heavy (non-hydrogen) atoms. The molecular weight excluding hydrogens is 232 g/mol. The number of aromatic nitrogens is 2. The van der Waals surface area contributed by atoms with E-state index in [2.05, 4.69) is 10.4 Å². The maximum atomic E-state index is 12.0. The Morgan fingerprint density at radius 1 is 1.72 bits per heavy atom. The number of dihydropyridines is 1. The van der Waals surface area contributed by atoms with Crippen LogP contribution in [0.5, 0.6) is 0 Å². The summed E-state index contributed by atoms with van der Waals surface area (Å²) in [6.45, 7) is 2.85. The minimum atomic E-state index is -0.605. The number of anilines is 1. The minimum absolute atomic E-state index is 0.330. The summed E-state index contributed by atoms with van der Waals surface area (Å²) in [7, 11) is 0. The van der Waals surface area contributed by atoms with E-state index in [4.69, 9.17) is 10.5 Å². The Balaban J connectivity index is 2.31. The van der Waals surface area contributed by atoms with Gasteiger partial charge in [-0.1, -0.05) is 12.2 Å². The molecule has 3 N–H and O–H groups in total. The zero-order valence-corrected chi connectivity index (χ0v) is 10.2. The van der Waals surface area contributed by atoms with Crippen molar-refractivity contribution in [2.24, 2.45) is 0 Å². The Morgan fingerprint density at radius 2 is 2.56 bits per heavy atom. The molecular formula is C12H16N4O2. The van der Waals surface area contributed by atoms with E-state index in [1.165, 1.54) is 10.9 Å². The van der Waals surface area contributed by atoms with E-state index in [1.807, 2.05) is 12.2 Å². The Kier molecular flexibility index (Phi) is 3.66. The van der Waals surface area contributed by atoms with Crippen LogP contribution in [0.1, 0.15) is 13.0 Å². The third-order valence-electron chi connectivity index (χ3n) is 2.53. The Morgan fingerprint density at radius 3 is 3.11 bits per heavy atom. The van der Waals surface area contributed by atoms with Crippen LogP contribution in [-0.2, 0) is 9.53 Å². The number of rotatable bonds is 4. The van der Waals surface area contributed by atoms with Crippen LogP contribution < -0.4 is 11.1 Å². The van der Waals surface area contributed by atoms with Crippen molar-refractivity contribution in [2.45, 2.75) is 13.0 Å². The van der Waals surface area contributed by atoms with Gasteiger partial charge >= 0.3 is 5.97 Å². The van der Waals surface area contributed by atoms with E-state index >= 15 is 0 Å². The highest BCUT2D eigenvalue weighted by atomic mass is 16.5. The predicted molar refractivity (Wildman–Crippen MR) is 67.5 cm³/mol. The van der Waals surface area contributed by atoms with E-state index < -0.39 is 6.04 Å². The second kappa shape index (κ2) is 5.39. The lowest BCUT2D eigenvalue weighted by Gasteiger charge is -2.19. The third-order valence-corrected chi connectivity index (χ3v) is 2.53. The van der Waals surface area contributed by atoms with Crippen LogP contribution in [0, 0.1) is 0 Å².